The largest absolute Gasteiger partial charge is 0.335 e. The fraction of sp³-hybridized carbons (Fsp3) is 0.200. The molecule has 0 fully saturated rings. The maximum absolute atomic E-state index is 14.0. The fourth-order valence-electron chi connectivity index (χ4n) is 1.86. The van der Waals surface area contributed by atoms with Gasteiger partial charge in [0.25, 0.3) is 0 Å². The van der Waals surface area contributed by atoms with Gasteiger partial charge in [0.05, 0.1) is 11.8 Å². The van der Waals surface area contributed by atoms with Crippen molar-refractivity contribution in [2.45, 2.75) is 19.9 Å². The second-order valence-corrected chi connectivity index (χ2v) is 5.82. The summed E-state index contributed by atoms with van der Waals surface area (Å²) in [6, 6.07) is 4.83. The molecular weight excluding hydrogens is 349 g/mol. The summed E-state index contributed by atoms with van der Waals surface area (Å²) in [6.45, 7) is 7.46. The van der Waals surface area contributed by atoms with E-state index in [-0.39, 0.29) is 11.9 Å². The summed E-state index contributed by atoms with van der Waals surface area (Å²) >= 11 is 3.23. The van der Waals surface area contributed by atoms with E-state index < -0.39 is 0 Å². The van der Waals surface area contributed by atoms with Crippen LogP contribution in [0.3, 0.4) is 0 Å². The number of nitrogens with zero attached hydrogens (tertiary/aromatic N) is 3. The lowest BCUT2D eigenvalue weighted by atomic mass is 10.2. The molecule has 5 nitrogen and oxygen atoms in total. The van der Waals surface area contributed by atoms with Gasteiger partial charge >= 0.3 is 0 Å². The molecule has 116 valence electrons. The normalized spacial score (nSPS) is 11.8. The van der Waals surface area contributed by atoms with E-state index in [1.807, 2.05) is 13.8 Å². The number of hydrogen-bond acceptors (Lipinski definition) is 3. The maximum atomic E-state index is 14.0. The van der Waals surface area contributed by atoms with Gasteiger partial charge in [-0.05, 0) is 32.0 Å². The molecule has 1 heterocycles. The number of hydrogen-bond donors (Lipinski definition) is 2. The van der Waals surface area contributed by atoms with Crippen LogP contribution in [0, 0.1) is 5.82 Å². The van der Waals surface area contributed by atoms with Crippen LogP contribution in [0.15, 0.2) is 46.6 Å². The van der Waals surface area contributed by atoms with E-state index in [0.29, 0.717) is 27.4 Å². The molecule has 0 spiro atoms. The van der Waals surface area contributed by atoms with Crippen LogP contribution in [0.1, 0.15) is 19.5 Å². The predicted molar refractivity (Wildman–Crippen MR) is 89.6 cm³/mol. The highest BCUT2D eigenvalue weighted by Gasteiger charge is 2.17. The van der Waals surface area contributed by atoms with Crippen molar-refractivity contribution >= 4 is 21.8 Å². The number of aliphatic imine (C=N–C) groups is 1. The minimum absolute atomic E-state index is 0.0369. The highest BCUT2D eigenvalue weighted by molar-refractivity contribution is 9.10. The number of aromatic amines is 1. The molecule has 7 heteroatoms. The van der Waals surface area contributed by atoms with Gasteiger partial charge in [-0.2, -0.15) is 0 Å². The molecular formula is C15H17BrFN5. The number of H-pyrrole nitrogens is 1. The lowest BCUT2D eigenvalue weighted by Gasteiger charge is -2.23. The summed E-state index contributed by atoms with van der Waals surface area (Å²) in [5.41, 5.74) is 0.967. The number of aromatic nitrogens is 2. The van der Waals surface area contributed by atoms with Crippen molar-refractivity contribution < 1.29 is 4.39 Å². The molecule has 0 saturated carbocycles. The standard InChI is InChI=1S/C15H17BrFN5/c1-4-19-15(22(18)9(2)3)13-8-20-14(21-13)11-6-5-10(16)7-12(11)17/h4-9H,1,18H2,2-3H3,(H,20,21). The van der Waals surface area contributed by atoms with E-state index >= 15 is 0 Å². The lowest BCUT2D eigenvalue weighted by molar-refractivity contribution is 0.363. The number of halogens is 2. The minimum atomic E-state index is -0.369. The Morgan fingerprint density at radius 2 is 2.27 bits per heavy atom. The molecule has 1 aromatic carbocycles. The summed E-state index contributed by atoms with van der Waals surface area (Å²) in [5, 5.41) is 1.50. The molecule has 0 saturated heterocycles. The van der Waals surface area contributed by atoms with Gasteiger partial charge < -0.3 is 4.98 Å². The summed E-state index contributed by atoms with van der Waals surface area (Å²) in [5.74, 6) is 6.53. The van der Waals surface area contributed by atoms with Crippen LogP contribution in [0.4, 0.5) is 4.39 Å². The minimum Gasteiger partial charge on any atom is -0.335 e. The number of rotatable bonds is 4. The van der Waals surface area contributed by atoms with Gasteiger partial charge in [-0.25, -0.2) is 20.2 Å². The van der Waals surface area contributed by atoms with E-state index in [1.54, 1.807) is 18.3 Å². The van der Waals surface area contributed by atoms with Gasteiger partial charge in [-0.15, -0.1) is 0 Å². The van der Waals surface area contributed by atoms with Gasteiger partial charge in [-0.3, -0.25) is 5.01 Å². The quantitative estimate of drug-likeness (QED) is 0.377. The first-order valence-corrected chi connectivity index (χ1v) is 7.46. The zero-order chi connectivity index (χ0) is 16.3. The van der Waals surface area contributed by atoms with E-state index in [9.17, 15) is 4.39 Å². The second kappa shape index (κ2) is 6.85. The molecule has 0 aliphatic carbocycles. The molecule has 1 aromatic heterocycles. The molecule has 0 amide bonds. The molecule has 0 aliphatic rings. The van der Waals surface area contributed by atoms with Crippen LogP contribution in [-0.4, -0.2) is 26.9 Å². The summed E-state index contributed by atoms with van der Waals surface area (Å²) in [4.78, 5) is 11.4. The van der Waals surface area contributed by atoms with Crippen LogP contribution in [0.2, 0.25) is 0 Å². The van der Waals surface area contributed by atoms with Crippen molar-refractivity contribution in [1.82, 2.24) is 15.0 Å². The zero-order valence-corrected chi connectivity index (χ0v) is 13.9. The van der Waals surface area contributed by atoms with Crippen LogP contribution >= 0.6 is 15.9 Å². The zero-order valence-electron chi connectivity index (χ0n) is 12.3. The Hall–Kier alpha value is -1.99. The van der Waals surface area contributed by atoms with Gasteiger partial charge in [0.2, 0.25) is 0 Å². The highest BCUT2D eigenvalue weighted by Crippen LogP contribution is 2.23. The molecule has 0 radical (unpaired) electrons. The average molecular weight is 366 g/mol. The Labute approximate surface area is 136 Å². The Morgan fingerprint density at radius 1 is 1.55 bits per heavy atom. The number of imidazole rings is 1. The molecule has 2 rings (SSSR count). The molecule has 0 unspecified atom stereocenters. The van der Waals surface area contributed by atoms with Crippen LogP contribution in [0.25, 0.3) is 11.4 Å². The number of nitrogens with two attached hydrogens (primary N) is 1. The summed E-state index contributed by atoms with van der Waals surface area (Å²) in [7, 11) is 0. The number of benzene rings is 1. The van der Waals surface area contributed by atoms with Gasteiger partial charge in [0.15, 0.2) is 5.84 Å². The average Bonchev–Trinajstić information content (AvgIpc) is 2.93. The van der Waals surface area contributed by atoms with Gasteiger partial charge in [0.1, 0.15) is 17.3 Å². The predicted octanol–water partition coefficient (Wildman–Crippen LogP) is 3.45. The molecule has 22 heavy (non-hydrogen) atoms. The molecule has 0 aliphatic heterocycles. The molecule has 3 N–H and O–H groups in total. The number of hydrazine groups is 1. The van der Waals surface area contributed by atoms with E-state index in [0.717, 1.165) is 0 Å². The van der Waals surface area contributed by atoms with E-state index in [1.165, 1.54) is 17.3 Å². The third kappa shape index (κ3) is 3.42. The van der Waals surface area contributed by atoms with Gasteiger partial charge in [0, 0.05) is 16.7 Å². The third-order valence-corrected chi connectivity index (χ3v) is 3.51. The van der Waals surface area contributed by atoms with Crippen molar-refractivity contribution in [3.05, 3.63) is 53.2 Å². The molecule has 2 aromatic rings. The monoisotopic (exact) mass is 365 g/mol. The fourth-order valence-corrected chi connectivity index (χ4v) is 2.19. The lowest BCUT2D eigenvalue weighted by Crippen LogP contribution is -2.43. The first kappa shape index (κ1) is 16.4. The Bertz CT molecular complexity index is 708. The molecule has 0 atom stereocenters. The Kier molecular flexibility index (Phi) is 5.10. The van der Waals surface area contributed by atoms with Crippen molar-refractivity contribution in [3.8, 4) is 11.4 Å². The number of amidine groups is 1. The van der Waals surface area contributed by atoms with E-state index in [4.69, 9.17) is 5.84 Å². The topological polar surface area (TPSA) is 70.3 Å². The SMILES string of the molecule is C=CN=C(c1cnc(-c2ccc(Br)cc2F)[nH]1)N(N)C(C)C. The smallest absolute Gasteiger partial charge is 0.168 e. The van der Waals surface area contributed by atoms with Crippen LogP contribution < -0.4 is 5.84 Å². The van der Waals surface area contributed by atoms with E-state index in [2.05, 4.69) is 37.5 Å². The Balaban J connectivity index is 2.41. The van der Waals surface area contributed by atoms with Gasteiger partial charge in [-0.1, -0.05) is 22.5 Å². The first-order chi connectivity index (χ1) is 10.4. The van der Waals surface area contributed by atoms with Crippen molar-refractivity contribution in [3.63, 3.8) is 0 Å². The second-order valence-electron chi connectivity index (χ2n) is 4.91. The van der Waals surface area contributed by atoms with Crippen LogP contribution in [0.5, 0.6) is 0 Å². The van der Waals surface area contributed by atoms with Crippen molar-refractivity contribution in [2.24, 2.45) is 10.8 Å². The summed E-state index contributed by atoms with van der Waals surface area (Å²) < 4.78 is 14.7. The molecule has 0 bridgehead atoms. The van der Waals surface area contributed by atoms with Crippen molar-refractivity contribution in [1.29, 1.82) is 0 Å². The third-order valence-electron chi connectivity index (χ3n) is 3.02. The summed E-state index contributed by atoms with van der Waals surface area (Å²) in [6.07, 6.45) is 2.97. The Morgan fingerprint density at radius 3 is 2.86 bits per heavy atom. The maximum Gasteiger partial charge on any atom is 0.168 e. The number of nitrogens with one attached hydrogen (secondary N) is 1. The van der Waals surface area contributed by atoms with Crippen molar-refractivity contribution in [2.75, 3.05) is 0 Å². The van der Waals surface area contributed by atoms with Crippen LogP contribution in [-0.2, 0) is 0 Å². The first-order valence-electron chi connectivity index (χ1n) is 6.67. The highest BCUT2D eigenvalue weighted by atomic mass is 79.9.